The van der Waals surface area contributed by atoms with Crippen LogP contribution in [0.5, 0.6) is 0 Å². The fraction of sp³-hybridized carbons (Fsp3) is 0.190. The number of carbonyl (C=O) groups excluding carboxylic acids is 2. The van der Waals surface area contributed by atoms with Gasteiger partial charge in [0.15, 0.2) is 0 Å². The molecular formula is C21H18ClF3N2O4S. The number of alkyl halides is 3. The molecule has 0 saturated carbocycles. The Balaban J connectivity index is 2.11. The van der Waals surface area contributed by atoms with E-state index in [0.29, 0.717) is 23.1 Å². The zero-order valence-corrected chi connectivity index (χ0v) is 18.1. The summed E-state index contributed by atoms with van der Waals surface area (Å²) < 4.78 is 38.8. The van der Waals surface area contributed by atoms with Crippen molar-refractivity contribution in [2.24, 2.45) is 0 Å². The highest BCUT2D eigenvalue weighted by Crippen LogP contribution is 2.35. The molecule has 0 aliphatic heterocycles. The van der Waals surface area contributed by atoms with Crippen LogP contribution in [0.25, 0.3) is 0 Å². The lowest BCUT2D eigenvalue weighted by atomic mass is 10.2. The van der Waals surface area contributed by atoms with Gasteiger partial charge >= 0.3 is 12.1 Å². The lowest BCUT2D eigenvalue weighted by molar-refractivity contribution is -0.137. The highest BCUT2D eigenvalue weighted by Gasteiger charge is 2.31. The maximum absolute atomic E-state index is 12.9. The molecule has 2 rings (SSSR count). The third-order valence-electron chi connectivity index (χ3n) is 3.97. The molecular weight excluding hydrogens is 469 g/mol. The summed E-state index contributed by atoms with van der Waals surface area (Å²) in [6.45, 7) is 1.74. The van der Waals surface area contributed by atoms with Crippen LogP contribution in [0, 0.1) is 0 Å². The predicted octanol–water partition coefficient (Wildman–Crippen LogP) is 5.45. The Bertz CT molecular complexity index is 1040. The second kappa shape index (κ2) is 11.1. The molecule has 2 amide bonds. The first-order valence-electron chi connectivity index (χ1n) is 9.16. The van der Waals surface area contributed by atoms with Crippen LogP contribution in [-0.2, 0) is 20.6 Å². The van der Waals surface area contributed by atoms with Crippen LogP contribution in [0.1, 0.15) is 18.9 Å². The molecule has 2 aromatic carbocycles. The topological polar surface area (TPSA) is 95.5 Å². The summed E-state index contributed by atoms with van der Waals surface area (Å²) in [5.74, 6) is -2.43. The number of carboxylic acids is 1. The summed E-state index contributed by atoms with van der Waals surface area (Å²) in [6, 6.07) is 9.17. The van der Waals surface area contributed by atoms with Gasteiger partial charge in [0, 0.05) is 22.7 Å². The summed E-state index contributed by atoms with van der Waals surface area (Å²) in [7, 11) is 0. The van der Waals surface area contributed by atoms with Crippen LogP contribution in [0.4, 0.5) is 24.5 Å². The molecule has 0 fully saturated rings. The van der Waals surface area contributed by atoms with E-state index in [9.17, 15) is 27.6 Å². The number of halogens is 4. The summed E-state index contributed by atoms with van der Waals surface area (Å²) in [4.78, 5) is 35.5. The van der Waals surface area contributed by atoms with Crippen molar-refractivity contribution in [2.75, 3.05) is 10.6 Å². The number of benzene rings is 2. The van der Waals surface area contributed by atoms with Gasteiger partial charge in [-0.05, 0) is 42.8 Å². The zero-order valence-electron chi connectivity index (χ0n) is 16.6. The molecule has 0 aliphatic rings. The van der Waals surface area contributed by atoms with E-state index in [1.807, 2.05) is 0 Å². The minimum absolute atomic E-state index is 0.0228. The normalized spacial score (nSPS) is 12.4. The van der Waals surface area contributed by atoms with Crippen LogP contribution in [0.2, 0.25) is 5.02 Å². The molecule has 0 bridgehead atoms. The second-order valence-corrected chi connectivity index (χ2v) is 8.07. The molecule has 0 aromatic heterocycles. The standard InChI is InChI=1S/C21H18ClF3N2O4S/c1-2-17(20(31)27-16-10-12(21(23,24)25)6-7-15(16)22)32-14-5-3-4-13(11-14)26-18(28)8-9-19(29)30/h3-11,17H,2H2,1H3,(H,26,28)(H,27,31)(H,29,30)/b9-8+. The first kappa shape index (κ1) is 25.3. The quantitative estimate of drug-likeness (QED) is 0.341. The molecule has 3 N–H and O–H groups in total. The molecule has 170 valence electrons. The smallest absolute Gasteiger partial charge is 0.416 e. The average Bonchev–Trinajstić information content (AvgIpc) is 2.71. The van der Waals surface area contributed by atoms with Gasteiger partial charge in [0.25, 0.3) is 0 Å². The van der Waals surface area contributed by atoms with Crippen molar-refractivity contribution < 1.29 is 32.7 Å². The molecule has 0 spiro atoms. The van der Waals surface area contributed by atoms with Crippen molar-refractivity contribution in [3.8, 4) is 0 Å². The SMILES string of the molecule is CCC(Sc1cccc(NC(=O)/C=C/C(=O)O)c1)C(=O)Nc1cc(C(F)(F)F)ccc1Cl. The summed E-state index contributed by atoms with van der Waals surface area (Å²) >= 11 is 7.09. The van der Waals surface area contributed by atoms with Gasteiger partial charge in [-0.25, -0.2) is 4.79 Å². The number of nitrogens with one attached hydrogen (secondary N) is 2. The van der Waals surface area contributed by atoms with E-state index in [1.54, 1.807) is 31.2 Å². The second-order valence-electron chi connectivity index (χ2n) is 6.39. The van der Waals surface area contributed by atoms with Crippen molar-refractivity contribution in [2.45, 2.75) is 29.7 Å². The highest BCUT2D eigenvalue weighted by molar-refractivity contribution is 8.00. The molecule has 6 nitrogen and oxygen atoms in total. The lowest BCUT2D eigenvalue weighted by Gasteiger charge is -2.17. The van der Waals surface area contributed by atoms with Gasteiger partial charge in [-0.15, -0.1) is 11.8 Å². The van der Waals surface area contributed by atoms with Crippen molar-refractivity contribution in [3.63, 3.8) is 0 Å². The van der Waals surface area contributed by atoms with Crippen molar-refractivity contribution >= 4 is 52.5 Å². The highest BCUT2D eigenvalue weighted by atomic mass is 35.5. The first-order chi connectivity index (χ1) is 15.0. The van der Waals surface area contributed by atoms with Gasteiger partial charge in [-0.1, -0.05) is 24.6 Å². The Hall–Kier alpha value is -2.98. The zero-order chi connectivity index (χ0) is 23.9. The number of anilines is 2. The third-order valence-corrected chi connectivity index (χ3v) is 5.66. The van der Waals surface area contributed by atoms with Gasteiger partial charge < -0.3 is 15.7 Å². The number of amides is 2. The van der Waals surface area contributed by atoms with E-state index in [1.165, 1.54) is 0 Å². The Labute approximate surface area is 190 Å². The largest absolute Gasteiger partial charge is 0.478 e. The molecule has 0 heterocycles. The number of rotatable bonds is 8. The van der Waals surface area contributed by atoms with Gasteiger partial charge in [0.2, 0.25) is 11.8 Å². The predicted molar refractivity (Wildman–Crippen MR) is 117 cm³/mol. The monoisotopic (exact) mass is 486 g/mol. The van der Waals surface area contributed by atoms with Gasteiger partial charge in [-0.2, -0.15) is 13.2 Å². The van der Waals surface area contributed by atoms with E-state index >= 15 is 0 Å². The first-order valence-corrected chi connectivity index (χ1v) is 10.4. The van der Waals surface area contributed by atoms with Gasteiger partial charge in [0.1, 0.15) is 0 Å². The number of aliphatic carboxylic acids is 1. The number of thioether (sulfide) groups is 1. The lowest BCUT2D eigenvalue weighted by Crippen LogP contribution is -2.25. The average molecular weight is 487 g/mol. The van der Waals surface area contributed by atoms with Crippen LogP contribution in [0.3, 0.4) is 0 Å². The Morgan fingerprint density at radius 2 is 1.84 bits per heavy atom. The maximum Gasteiger partial charge on any atom is 0.416 e. The number of hydrogen-bond donors (Lipinski definition) is 3. The van der Waals surface area contributed by atoms with Crippen LogP contribution in [0.15, 0.2) is 59.5 Å². The molecule has 11 heteroatoms. The molecule has 1 unspecified atom stereocenters. The van der Waals surface area contributed by atoms with E-state index < -0.39 is 34.8 Å². The van der Waals surface area contributed by atoms with E-state index in [0.717, 1.165) is 36.0 Å². The molecule has 2 aromatic rings. The molecule has 0 saturated heterocycles. The minimum atomic E-state index is -4.58. The fourth-order valence-corrected chi connectivity index (χ4v) is 3.65. The third kappa shape index (κ3) is 7.61. The Morgan fingerprint density at radius 3 is 2.47 bits per heavy atom. The Morgan fingerprint density at radius 1 is 1.12 bits per heavy atom. The Kier molecular flexibility index (Phi) is 8.73. The molecule has 1 atom stereocenters. The summed E-state index contributed by atoms with van der Waals surface area (Å²) in [5.41, 5.74) is -0.693. The van der Waals surface area contributed by atoms with Gasteiger partial charge in [-0.3, -0.25) is 9.59 Å². The van der Waals surface area contributed by atoms with Gasteiger partial charge in [0.05, 0.1) is 21.5 Å². The maximum atomic E-state index is 12.9. The van der Waals surface area contributed by atoms with Crippen LogP contribution in [-0.4, -0.2) is 28.1 Å². The number of hydrogen-bond acceptors (Lipinski definition) is 4. The van der Waals surface area contributed by atoms with E-state index in [4.69, 9.17) is 16.7 Å². The summed E-state index contributed by atoms with van der Waals surface area (Å²) in [5, 5.41) is 12.8. The van der Waals surface area contributed by atoms with Crippen LogP contribution >= 0.6 is 23.4 Å². The molecule has 0 radical (unpaired) electrons. The van der Waals surface area contributed by atoms with E-state index in [-0.39, 0.29) is 10.7 Å². The minimum Gasteiger partial charge on any atom is -0.478 e. The molecule has 0 aliphatic carbocycles. The number of carbonyl (C=O) groups is 3. The van der Waals surface area contributed by atoms with Crippen molar-refractivity contribution in [1.82, 2.24) is 0 Å². The van der Waals surface area contributed by atoms with Crippen LogP contribution < -0.4 is 10.6 Å². The van der Waals surface area contributed by atoms with E-state index in [2.05, 4.69) is 10.6 Å². The van der Waals surface area contributed by atoms with Crippen molar-refractivity contribution in [3.05, 3.63) is 65.2 Å². The summed E-state index contributed by atoms with van der Waals surface area (Å²) in [6.07, 6.45) is -2.65. The number of carboxylic acid groups (broad SMARTS) is 1. The fourth-order valence-electron chi connectivity index (χ4n) is 2.48. The molecule has 32 heavy (non-hydrogen) atoms. The van der Waals surface area contributed by atoms with Crippen molar-refractivity contribution in [1.29, 1.82) is 0 Å².